The van der Waals surface area contributed by atoms with E-state index in [2.05, 4.69) is 0 Å². The van der Waals surface area contributed by atoms with Crippen molar-refractivity contribution in [1.29, 1.82) is 0 Å². The fourth-order valence-corrected chi connectivity index (χ4v) is 2.45. The monoisotopic (exact) mass is 243 g/mol. The third-order valence-electron chi connectivity index (χ3n) is 4.50. The van der Waals surface area contributed by atoms with Gasteiger partial charge in [0.1, 0.15) is 0 Å². The van der Waals surface area contributed by atoms with Crippen LogP contribution in [0.15, 0.2) is 47.7 Å². The third kappa shape index (κ3) is 1.68. The normalized spacial score (nSPS) is 27.1. The van der Waals surface area contributed by atoms with Gasteiger partial charge < -0.3 is 10.8 Å². The second-order valence-corrected chi connectivity index (χ2v) is 5.70. The fraction of sp³-hybridized carbons (Fsp3) is 0.375. The summed E-state index contributed by atoms with van der Waals surface area (Å²) in [5.41, 5.74) is 8.48. The number of hydrogen-bond acceptors (Lipinski definition) is 2. The molecule has 1 aliphatic carbocycles. The first-order chi connectivity index (χ1) is 8.28. The van der Waals surface area contributed by atoms with Gasteiger partial charge >= 0.3 is 0 Å². The van der Waals surface area contributed by atoms with Gasteiger partial charge in [0, 0.05) is 11.1 Å². The number of allylic oxidation sites excluding steroid dienone is 1. The molecule has 1 aromatic rings. The fourth-order valence-electron chi connectivity index (χ4n) is 2.45. The standard InChI is InChI=1S/C16H21NO/c1-11-14(17)10-13(12-8-6-5-7-9-12)16(4,18)15(11,2)3/h5-10,18H,17H2,1-4H3. The van der Waals surface area contributed by atoms with Gasteiger partial charge in [-0.15, -0.1) is 0 Å². The van der Waals surface area contributed by atoms with Crippen LogP contribution in [0.4, 0.5) is 0 Å². The molecule has 1 aliphatic rings. The maximum Gasteiger partial charge on any atom is 0.0963 e. The zero-order valence-corrected chi connectivity index (χ0v) is 11.5. The van der Waals surface area contributed by atoms with Crippen molar-refractivity contribution in [3.05, 3.63) is 53.2 Å². The molecule has 2 rings (SSSR count). The second kappa shape index (κ2) is 3.99. The van der Waals surface area contributed by atoms with Gasteiger partial charge in [0.25, 0.3) is 0 Å². The molecule has 1 aromatic carbocycles. The molecule has 2 nitrogen and oxygen atoms in total. The van der Waals surface area contributed by atoms with E-state index in [1.807, 2.05) is 64.1 Å². The van der Waals surface area contributed by atoms with Crippen molar-refractivity contribution in [3.8, 4) is 0 Å². The first-order valence-electron chi connectivity index (χ1n) is 6.25. The van der Waals surface area contributed by atoms with Crippen LogP contribution in [-0.2, 0) is 0 Å². The first kappa shape index (κ1) is 12.9. The van der Waals surface area contributed by atoms with E-state index in [9.17, 15) is 5.11 Å². The lowest BCUT2D eigenvalue weighted by Gasteiger charge is -2.46. The van der Waals surface area contributed by atoms with Crippen LogP contribution in [0.2, 0.25) is 0 Å². The Morgan fingerprint density at radius 2 is 1.61 bits per heavy atom. The van der Waals surface area contributed by atoms with E-state index >= 15 is 0 Å². The van der Waals surface area contributed by atoms with Crippen LogP contribution in [0, 0.1) is 5.41 Å². The maximum absolute atomic E-state index is 10.9. The summed E-state index contributed by atoms with van der Waals surface area (Å²) in [7, 11) is 0. The molecule has 0 aromatic heterocycles. The number of aliphatic hydroxyl groups is 1. The molecular weight excluding hydrogens is 222 g/mol. The van der Waals surface area contributed by atoms with Crippen LogP contribution >= 0.6 is 0 Å². The zero-order chi connectivity index (χ0) is 13.6. The molecule has 18 heavy (non-hydrogen) atoms. The van der Waals surface area contributed by atoms with E-state index in [0.29, 0.717) is 0 Å². The second-order valence-electron chi connectivity index (χ2n) is 5.70. The Balaban J connectivity index is 2.64. The predicted molar refractivity (Wildman–Crippen MR) is 75.7 cm³/mol. The van der Waals surface area contributed by atoms with Gasteiger partial charge in [-0.2, -0.15) is 0 Å². The van der Waals surface area contributed by atoms with Crippen molar-refractivity contribution in [1.82, 2.24) is 0 Å². The van der Waals surface area contributed by atoms with Gasteiger partial charge in [0.2, 0.25) is 0 Å². The smallest absolute Gasteiger partial charge is 0.0963 e. The molecule has 0 saturated heterocycles. The summed E-state index contributed by atoms with van der Waals surface area (Å²) in [5.74, 6) is 0. The largest absolute Gasteiger partial charge is 0.399 e. The van der Waals surface area contributed by atoms with E-state index in [0.717, 1.165) is 22.4 Å². The van der Waals surface area contributed by atoms with Gasteiger partial charge in [-0.3, -0.25) is 0 Å². The highest BCUT2D eigenvalue weighted by molar-refractivity contribution is 5.77. The molecular formula is C16H21NO. The summed E-state index contributed by atoms with van der Waals surface area (Å²) >= 11 is 0. The van der Waals surface area contributed by atoms with E-state index in [4.69, 9.17) is 5.73 Å². The average molecular weight is 243 g/mol. The van der Waals surface area contributed by atoms with Crippen LogP contribution in [0.25, 0.3) is 5.57 Å². The van der Waals surface area contributed by atoms with Crippen LogP contribution in [-0.4, -0.2) is 10.7 Å². The maximum atomic E-state index is 10.9. The van der Waals surface area contributed by atoms with E-state index in [-0.39, 0.29) is 5.41 Å². The molecule has 3 N–H and O–H groups in total. The average Bonchev–Trinajstić information content (AvgIpc) is 2.33. The molecule has 0 amide bonds. The van der Waals surface area contributed by atoms with E-state index in [1.54, 1.807) is 0 Å². The molecule has 1 unspecified atom stereocenters. The molecule has 0 bridgehead atoms. The SMILES string of the molecule is CC1=C(N)C=C(c2ccccc2)C(C)(O)C1(C)C. The summed E-state index contributed by atoms with van der Waals surface area (Å²) in [6.45, 7) is 7.92. The summed E-state index contributed by atoms with van der Waals surface area (Å²) in [6, 6.07) is 9.92. The van der Waals surface area contributed by atoms with Crippen LogP contribution in [0.3, 0.4) is 0 Å². The summed E-state index contributed by atoms with van der Waals surface area (Å²) in [4.78, 5) is 0. The molecule has 96 valence electrons. The lowest BCUT2D eigenvalue weighted by atomic mass is 9.63. The Hall–Kier alpha value is -1.54. The lowest BCUT2D eigenvalue weighted by Crippen LogP contribution is -2.46. The topological polar surface area (TPSA) is 46.2 Å². The van der Waals surface area contributed by atoms with Crippen molar-refractivity contribution in [2.45, 2.75) is 33.3 Å². The van der Waals surface area contributed by atoms with Crippen molar-refractivity contribution < 1.29 is 5.11 Å². The lowest BCUT2D eigenvalue weighted by molar-refractivity contribution is 0.0217. The van der Waals surface area contributed by atoms with Crippen molar-refractivity contribution in [2.75, 3.05) is 0 Å². The van der Waals surface area contributed by atoms with Gasteiger partial charge in [0.05, 0.1) is 5.60 Å². The van der Waals surface area contributed by atoms with Gasteiger partial charge in [-0.1, -0.05) is 44.2 Å². The van der Waals surface area contributed by atoms with Crippen LogP contribution in [0.5, 0.6) is 0 Å². The summed E-state index contributed by atoms with van der Waals surface area (Å²) < 4.78 is 0. The van der Waals surface area contributed by atoms with Gasteiger partial charge in [-0.05, 0) is 36.6 Å². The van der Waals surface area contributed by atoms with Gasteiger partial charge in [-0.25, -0.2) is 0 Å². The number of nitrogens with two attached hydrogens (primary N) is 1. The molecule has 0 aliphatic heterocycles. The Kier molecular flexibility index (Phi) is 2.86. The van der Waals surface area contributed by atoms with Crippen molar-refractivity contribution in [3.63, 3.8) is 0 Å². The highest BCUT2D eigenvalue weighted by atomic mass is 16.3. The number of benzene rings is 1. The number of hydrogen-bond donors (Lipinski definition) is 2. The van der Waals surface area contributed by atoms with Crippen molar-refractivity contribution >= 4 is 5.57 Å². The molecule has 0 heterocycles. The first-order valence-corrected chi connectivity index (χ1v) is 6.25. The Morgan fingerprint density at radius 3 is 2.17 bits per heavy atom. The Bertz CT molecular complexity index is 521. The van der Waals surface area contributed by atoms with Crippen molar-refractivity contribution in [2.24, 2.45) is 11.1 Å². The molecule has 0 spiro atoms. The van der Waals surface area contributed by atoms with E-state index in [1.165, 1.54) is 0 Å². The molecule has 2 heteroatoms. The highest BCUT2D eigenvalue weighted by Crippen LogP contribution is 2.49. The minimum Gasteiger partial charge on any atom is -0.399 e. The Morgan fingerprint density at radius 1 is 1.06 bits per heavy atom. The molecule has 1 atom stereocenters. The summed E-state index contributed by atoms with van der Waals surface area (Å²) in [6.07, 6.45) is 1.90. The third-order valence-corrected chi connectivity index (χ3v) is 4.50. The van der Waals surface area contributed by atoms with Gasteiger partial charge in [0.15, 0.2) is 0 Å². The number of rotatable bonds is 1. The van der Waals surface area contributed by atoms with Crippen LogP contribution in [0.1, 0.15) is 33.3 Å². The Labute approximate surface area is 109 Å². The zero-order valence-electron chi connectivity index (χ0n) is 11.5. The summed E-state index contributed by atoms with van der Waals surface area (Å²) in [5, 5.41) is 10.9. The molecule has 0 radical (unpaired) electrons. The minimum atomic E-state index is -0.929. The minimum absolute atomic E-state index is 0.378. The van der Waals surface area contributed by atoms with E-state index < -0.39 is 5.60 Å². The quantitative estimate of drug-likeness (QED) is 0.796. The molecule has 0 saturated carbocycles. The van der Waals surface area contributed by atoms with Crippen LogP contribution < -0.4 is 5.73 Å². The molecule has 0 fully saturated rings. The highest BCUT2D eigenvalue weighted by Gasteiger charge is 2.46. The predicted octanol–water partition coefficient (Wildman–Crippen LogP) is 3.09.